The van der Waals surface area contributed by atoms with Crippen molar-refractivity contribution < 1.29 is 9.47 Å². The first kappa shape index (κ1) is 15.9. The number of aryl methyl sites for hydroxylation is 1. The average molecular weight is 350 g/mol. The third-order valence-corrected chi connectivity index (χ3v) is 3.56. The molecule has 2 rings (SSSR count). The second-order valence-corrected chi connectivity index (χ2v) is 5.90. The smallest absolute Gasteiger partial charge is 0.124 e. The molecular weight excluding hydrogens is 330 g/mol. The van der Waals surface area contributed by atoms with Crippen LogP contribution < -0.4 is 15.2 Å². The predicted octanol–water partition coefficient (Wildman–Crippen LogP) is 4.24. The molecule has 0 radical (unpaired) electrons. The van der Waals surface area contributed by atoms with Gasteiger partial charge in [-0.15, -0.1) is 0 Å². The summed E-state index contributed by atoms with van der Waals surface area (Å²) in [4.78, 5) is 0. The summed E-state index contributed by atoms with van der Waals surface area (Å²) in [5, 5.41) is 0. The number of ether oxygens (including phenoxy) is 2. The summed E-state index contributed by atoms with van der Waals surface area (Å²) in [7, 11) is 0. The van der Waals surface area contributed by atoms with Gasteiger partial charge in [0.2, 0.25) is 0 Å². The zero-order chi connectivity index (χ0) is 15.2. The van der Waals surface area contributed by atoms with Crippen LogP contribution in [-0.4, -0.2) is 13.2 Å². The number of nitrogens with two attached hydrogens (primary N) is 1. The molecule has 2 N–H and O–H groups in total. The molecule has 0 heterocycles. The van der Waals surface area contributed by atoms with Crippen LogP contribution in [0.2, 0.25) is 0 Å². The Labute approximate surface area is 134 Å². The van der Waals surface area contributed by atoms with E-state index in [2.05, 4.69) is 15.9 Å². The first-order valence-corrected chi connectivity index (χ1v) is 7.73. The maximum absolute atomic E-state index is 5.96. The van der Waals surface area contributed by atoms with Crippen molar-refractivity contribution in [2.24, 2.45) is 5.73 Å². The van der Waals surface area contributed by atoms with Crippen LogP contribution >= 0.6 is 15.9 Å². The normalized spacial score (nSPS) is 12.0. The number of benzene rings is 2. The summed E-state index contributed by atoms with van der Waals surface area (Å²) >= 11 is 3.42. The molecule has 3 nitrogen and oxygen atoms in total. The predicted molar refractivity (Wildman–Crippen MR) is 88.9 cm³/mol. The second-order valence-electron chi connectivity index (χ2n) is 4.98. The molecule has 2 aromatic rings. The van der Waals surface area contributed by atoms with Gasteiger partial charge in [0, 0.05) is 16.1 Å². The van der Waals surface area contributed by atoms with Gasteiger partial charge in [-0.1, -0.05) is 34.1 Å². The lowest BCUT2D eigenvalue weighted by Gasteiger charge is -2.15. The van der Waals surface area contributed by atoms with E-state index in [0.717, 1.165) is 27.1 Å². The van der Waals surface area contributed by atoms with Gasteiger partial charge in [-0.25, -0.2) is 0 Å². The standard InChI is InChI=1S/C17H20BrNO2/c1-12-6-7-16(13(2)19)17(10-12)21-9-8-20-15-5-3-4-14(18)11-15/h3-7,10-11,13H,8-9,19H2,1-2H3/t13-/m1/s1. The third-order valence-electron chi connectivity index (χ3n) is 3.07. The van der Waals surface area contributed by atoms with E-state index in [1.54, 1.807) is 0 Å². The quantitative estimate of drug-likeness (QED) is 0.793. The molecule has 0 fully saturated rings. The van der Waals surface area contributed by atoms with Crippen LogP contribution in [0.1, 0.15) is 24.1 Å². The lowest BCUT2D eigenvalue weighted by Crippen LogP contribution is -2.12. The van der Waals surface area contributed by atoms with E-state index < -0.39 is 0 Å². The lowest BCUT2D eigenvalue weighted by molar-refractivity contribution is 0.215. The van der Waals surface area contributed by atoms with Crippen LogP contribution in [0.15, 0.2) is 46.9 Å². The molecule has 112 valence electrons. The number of hydrogen-bond donors (Lipinski definition) is 1. The maximum atomic E-state index is 5.96. The van der Waals surface area contributed by atoms with E-state index in [4.69, 9.17) is 15.2 Å². The largest absolute Gasteiger partial charge is 0.490 e. The van der Waals surface area contributed by atoms with Crippen molar-refractivity contribution in [1.29, 1.82) is 0 Å². The van der Waals surface area contributed by atoms with E-state index in [0.29, 0.717) is 13.2 Å². The van der Waals surface area contributed by atoms with E-state index in [1.807, 2.05) is 56.3 Å². The molecule has 0 saturated heterocycles. The Balaban J connectivity index is 1.90. The molecule has 2 aromatic carbocycles. The second kappa shape index (κ2) is 7.48. The molecule has 0 spiro atoms. The van der Waals surface area contributed by atoms with Gasteiger partial charge in [-0.3, -0.25) is 0 Å². The Morgan fingerprint density at radius 2 is 1.86 bits per heavy atom. The van der Waals surface area contributed by atoms with Gasteiger partial charge in [0.05, 0.1) is 0 Å². The van der Waals surface area contributed by atoms with Crippen LogP contribution in [0.5, 0.6) is 11.5 Å². The molecule has 0 unspecified atom stereocenters. The minimum Gasteiger partial charge on any atom is -0.490 e. The molecule has 0 aliphatic carbocycles. The summed E-state index contributed by atoms with van der Waals surface area (Å²) in [6.07, 6.45) is 0. The minimum atomic E-state index is -0.0494. The monoisotopic (exact) mass is 349 g/mol. The van der Waals surface area contributed by atoms with Crippen LogP contribution in [-0.2, 0) is 0 Å². The van der Waals surface area contributed by atoms with Crippen molar-refractivity contribution in [1.82, 2.24) is 0 Å². The Morgan fingerprint density at radius 1 is 1.10 bits per heavy atom. The molecular formula is C17H20BrNO2. The summed E-state index contributed by atoms with van der Waals surface area (Å²) in [5.74, 6) is 1.66. The molecule has 21 heavy (non-hydrogen) atoms. The van der Waals surface area contributed by atoms with E-state index in [-0.39, 0.29) is 6.04 Å². The van der Waals surface area contributed by atoms with Gasteiger partial charge in [0.15, 0.2) is 0 Å². The maximum Gasteiger partial charge on any atom is 0.124 e. The molecule has 0 saturated carbocycles. The van der Waals surface area contributed by atoms with Crippen molar-refractivity contribution in [2.45, 2.75) is 19.9 Å². The zero-order valence-corrected chi connectivity index (χ0v) is 13.9. The Morgan fingerprint density at radius 3 is 2.57 bits per heavy atom. The summed E-state index contributed by atoms with van der Waals surface area (Å²) in [6, 6.07) is 13.8. The number of halogens is 1. The van der Waals surface area contributed by atoms with Gasteiger partial charge >= 0.3 is 0 Å². The van der Waals surface area contributed by atoms with Crippen LogP contribution in [0.3, 0.4) is 0 Å². The summed E-state index contributed by atoms with van der Waals surface area (Å²) in [5.41, 5.74) is 8.13. The molecule has 0 bridgehead atoms. The van der Waals surface area contributed by atoms with Crippen molar-refractivity contribution in [3.63, 3.8) is 0 Å². The van der Waals surface area contributed by atoms with Gasteiger partial charge in [0.25, 0.3) is 0 Å². The van der Waals surface area contributed by atoms with Crippen LogP contribution in [0, 0.1) is 6.92 Å². The van der Waals surface area contributed by atoms with Gasteiger partial charge in [-0.2, -0.15) is 0 Å². The topological polar surface area (TPSA) is 44.5 Å². The fraction of sp³-hybridized carbons (Fsp3) is 0.294. The van der Waals surface area contributed by atoms with Crippen molar-refractivity contribution >= 4 is 15.9 Å². The van der Waals surface area contributed by atoms with E-state index in [9.17, 15) is 0 Å². The summed E-state index contributed by atoms with van der Waals surface area (Å²) < 4.78 is 12.5. The molecule has 0 aromatic heterocycles. The van der Waals surface area contributed by atoms with Crippen molar-refractivity contribution in [3.05, 3.63) is 58.1 Å². The lowest BCUT2D eigenvalue weighted by atomic mass is 10.1. The third kappa shape index (κ3) is 4.76. The van der Waals surface area contributed by atoms with Crippen LogP contribution in [0.4, 0.5) is 0 Å². The molecule has 0 aliphatic rings. The highest BCUT2D eigenvalue weighted by atomic mass is 79.9. The first-order valence-electron chi connectivity index (χ1n) is 6.93. The van der Waals surface area contributed by atoms with Gasteiger partial charge in [0.1, 0.15) is 24.7 Å². The van der Waals surface area contributed by atoms with Crippen molar-refractivity contribution in [3.8, 4) is 11.5 Å². The Kier molecular flexibility index (Phi) is 5.65. The molecule has 1 atom stereocenters. The molecule has 4 heteroatoms. The highest BCUT2D eigenvalue weighted by Gasteiger charge is 2.08. The van der Waals surface area contributed by atoms with Crippen LogP contribution in [0.25, 0.3) is 0 Å². The van der Waals surface area contributed by atoms with E-state index in [1.165, 1.54) is 0 Å². The zero-order valence-electron chi connectivity index (χ0n) is 12.3. The highest BCUT2D eigenvalue weighted by Crippen LogP contribution is 2.25. The van der Waals surface area contributed by atoms with Gasteiger partial charge in [-0.05, 0) is 43.7 Å². The fourth-order valence-electron chi connectivity index (χ4n) is 2.01. The van der Waals surface area contributed by atoms with Gasteiger partial charge < -0.3 is 15.2 Å². The highest BCUT2D eigenvalue weighted by molar-refractivity contribution is 9.10. The average Bonchev–Trinajstić information content (AvgIpc) is 2.43. The van der Waals surface area contributed by atoms with E-state index >= 15 is 0 Å². The molecule has 0 aliphatic heterocycles. The summed E-state index contributed by atoms with van der Waals surface area (Å²) in [6.45, 7) is 4.96. The number of hydrogen-bond acceptors (Lipinski definition) is 3. The minimum absolute atomic E-state index is 0.0494. The molecule has 0 amide bonds. The fourth-order valence-corrected chi connectivity index (χ4v) is 2.39. The number of rotatable bonds is 6. The SMILES string of the molecule is Cc1ccc([C@@H](C)N)c(OCCOc2cccc(Br)c2)c1. The Hall–Kier alpha value is -1.52. The first-order chi connectivity index (χ1) is 10.1. The Bertz CT molecular complexity index is 599. The van der Waals surface area contributed by atoms with Crippen molar-refractivity contribution in [2.75, 3.05) is 13.2 Å².